The van der Waals surface area contributed by atoms with Crippen LogP contribution in [0.1, 0.15) is 0 Å². The molecule has 1 aliphatic heterocycles. The number of nitrogens with zero attached hydrogens (tertiary/aromatic N) is 4. The van der Waals surface area contributed by atoms with E-state index in [2.05, 4.69) is 15.3 Å². The Balaban J connectivity index is 2.17. The molecule has 0 spiro atoms. The number of benzene rings is 1. The molecule has 0 radical (unpaired) electrons. The molecular weight excluding hydrogens is 250 g/mol. The van der Waals surface area contributed by atoms with Crippen LogP contribution in [0.15, 0.2) is 34.5 Å². The van der Waals surface area contributed by atoms with E-state index in [1.165, 1.54) is 11.8 Å². The van der Waals surface area contributed by atoms with Gasteiger partial charge in [0.1, 0.15) is 11.6 Å². The average Bonchev–Trinajstić information content (AvgIpc) is 2.81. The largest absolute Gasteiger partial charge is 0.496 e. The summed E-state index contributed by atoms with van der Waals surface area (Å²) < 4.78 is 6.97. The van der Waals surface area contributed by atoms with Crippen LogP contribution in [-0.4, -0.2) is 33.6 Å². The molecule has 92 valence electrons. The molecule has 2 aromatic rings. The number of para-hydroxylation sites is 1. The van der Waals surface area contributed by atoms with Gasteiger partial charge in [-0.05, 0) is 12.1 Å². The van der Waals surface area contributed by atoms with Crippen LogP contribution in [0.4, 0.5) is 0 Å². The van der Waals surface area contributed by atoms with Crippen molar-refractivity contribution in [3.05, 3.63) is 24.3 Å². The number of thioether (sulfide) groups is 1. The maximum absolute atomic E-state index is 5.75. The van der Waals surface area contributed by atoms with Crippen molar-refractivity contribution in [3.8, 4) is 17.1 Å². The smallest absolute Gasteiger partial charge is 0.212 e. The first-order chi connectivity index (χ1) is 8.79. The molecular formula is C11H11N5OS. The Kier molecular flexibility index (Phi) is 2.67. The van der Waals surface area contributed by atoms with Crippen LogP contribution >= 0.6 is 11.8 Å². The normalized spacial score (nSPS) is 13.9. The molecule has 0 amide bonds. The number of ether oxygens (including phenoxy) is 1. The van der Waals surface area contributed by atoms with Gasteiger partial charge >= 0.3 is 0 Å². The van der Waals surface area contributed by atoms with E-state index in [9.17, 15) is 0 Å². The van der Waals surface area contributed by atoms with Crippen LogP contribution in [0.2, 0.25) is 0 Å². The van der Waals surface area contributed by atoms with Gasteiger partial charge in [-0.1, -0.05) is 23.9 Å². The summed E-state index contributed by atoms with van der Waals surface area (Å²) in [4.78, 5) is 0. The fourth-order valence-electron chi connectivity index (χ4n) is 1.74. The molecule has 1 aromatic carbocycles. The second-order valence-electron chi connectivity index (χ2n) is 3.70. The molecule has 0 saturated carbocycles. The minimum atomic E-state index is 0.559. The molecule has 2 N–H and O–H groups in total. The lowest BCUT2D eigenvalue weighted by Crippen LogP contribution is -2.20. The summed E-state index contributed by atoms with van der Waals surface area (Å²) in [7, 11) is 1.62. The molecule has 18 heavy (non-hydrogen) atoms. The van der Waals surface area contributed by atoms with E-state index in [1.807, 2.05) is 24.3 Å². The minimum Gasteiger partial charge on any atom is -0.496 e. The van der Waals surface area contributed by atoms with Crippen molar-refractivity contribution in [1.29, 1.82) is 0 Å². The lowest BCUT2D eigenvalue weighted by molar-refractivity contribution is 0.416. The zero-order chi connectivity index (χ0) is 12.5. The van der Waals surface area contributed by atoms with Crippen LogP contribution in [0.5, 0.6) is 5.75 Å². The van der Waals surface area contributed by atoms with Gasteiger partial charge in [-0.25, -0.2) is 0 Å². The highest BCUT2D eigenvalue weighted by Crippen LogP contribution is 2.31. The highest BCUT2D eigenvalue weighted by Gasteiger charge is 2.20. The maximum atomic E-state index is 5.75. The van der Waals surface area contributed by atoms with Crippen LogP contribution in [0.3, 0.4) is 0 Å². The third-order valence-corrected chi connectivity index (χ3v) is 3.49. The van der Waals surface area contributed by atoms with Crippen LogP contribution in [-0.2, 0) is 0 Å². The number of hydrogen-bond acceptors (Lipinski definition) is 6. The minimum absolute atomic E-state index is 0.559. The Morgan fingerprint density at radius 3 is 3.00 bits per heavy atom. The number of nitrogens with two attached hydrogens (primary N) is 1. The molecule has 1 aliphatic rings. The summed E-state index contributed by atoms with van der Waals surface area (Å²) in [6.07, 6.45) is 0. The zero-order valence-corrected chi connectivity index (χ0v) is 10.5. The monoisotopic (exact) mass is 261 g/mol. The summed E-state index contributed by atoms with van der Waals surface area (Å²) in [5.74, 6) is 2.57. The van der Waals surface area contributed by atoms with Crippen molar-refractivity contribution in [2.75, 3.05) is 12.9 Å². The van der Waals surface area contributed by atoms with E-state index in [0.717, 1.165) is 16.5 Å². The van der Waals surface area contributed by atoms with Crippen molar-refractivity contribution >= 4 is 17.6 Å². The predicted octanol–water partition coefficient (Wildman–Crippen LogP) is 1.18. The van der Waals surface area contributed by atoms with Crippen molar-refractivity contribution in [2.45, 2.75) is 5.16 Å². The lowest BCUT2D eigenvalue weighted by Gasteiger charge is -2.11. The quantitative estimate of drug-likeness (QED) is 0.878. The van der Waals surface area contributed by atoms with E-state index in [1.54, 1.807) is 11.8 Å². The van der Waals surface area contributed by atoms with E-state index in [-0.39, 0.29) is 0 Å². The van der Waals surface area contributed by atoms with E-state index < -0.39 is 0 Å². The molecule has 0 unspecified atom stereocenters. The van der Waals surface area contributed by atoms with Gasteiger partial charge in [-0.3, -0.25) is 0 Å². The molecule has 0 bridgehead atoms. The molecule has 3 rings (SSSR count). The van der Waals surface area contributed by atoms with Gasteiger partial charge < -0.3 is 10.5 Å². The first-order valence-electron chi connectivity index (χ1n) is 5.34. The average molecular weight is 261 g/mol. The van der Waals surface area contributed by atoms with Gasteiger partial charge in [0.05, 0.1) is 18.4 Å². The Labute approximate surface area is 108 Å². The summed E-state index contributed by atoms with van der Waals surface area (Å²) in [6, 6.07) is 7.62. The van der Waals surface area contributed by atoms with Gasteiger partial charge in [0.2, 0.25) is 5.16 Å². The molecule has 7 heteroatoms. The maximum Gasteiger partial charge on any atom is 0.212 e. The summed E-state index contributed by atoms with van der Waals surface area (Å²) in [6.45, 7) is 0. The molecule has 1 aromatic heterocycles. The van der Waals surface area contributed by atoms with Gasteiger partial charge in [-0.2, -0.15) is 9.78 Å². The Bertz CT molecular complexity index is 622. The number of hydrogen-bond donors (Lipinski definition) is 1. The van der Waals surface area contributed by atoms with E-state index in [4.69, 9.17) is 10.5 Å². The highest BCUT2D eigenvalue weighted by atomic mass is 32.2. The SMILES string of the molecule is COc1ccccc1-c1nnc2n1N=C(N)CS2. The number of fused-ring (bicyclic) bond motifs is 1. The predicted molar refractivity (Wildman–Crippen MR) is 69.8 cm³/mol. The first kappa shape index (κ1) is 11.1. The number of amidine groups is 1. The zero-order valence-electron chi connectivity index (χ0n) is 9.70. The van der Waals surface area contributed by atoms with E-state index in [0.29, 0.717) is 17.4 Å². The molecule has 0 atom stereocenters. The number of methoxy groups -OCH3 is 1. The second-order valence-corrected chi connectivity index (χ2v) is 4.64. The Hall–Kier alpha value is -2.02. The van der Waals surface area contributed by atoms with Crippen molar-refractivity contribution < 1.29 is 4.74 Å². The summed E-state index contributed by atoms with van der Waals surface area (Å²) >= 11 is 1.52. The first-order valence-corrected chi connectivity index (χ1v) is 6.33. The van der Waals surface area contributed by atoms with Crippen molar-refractivity contribution in [3.63, 3.8) is 0 Å². The van der Waals surface area contributed by atoms with Gasteiger partial charge in [0.15, 0.2) is 5.82 Å². The third-order valence-electron chi connectivity index (χ3n) is 2.54. The molecule has 2 heterocycles. The molecule has 0 fully saturated rings. The van der Waals surface area contributed by atoms with Gasteiger partial charge in [-0.15, -0.1) is 10.2 Å². The lowest BCUT2D eigenvalue weighted by atomic mass is 10.2. The van der Waals surface area contributed by atoms with Gasteiger partial charge in [0.25, 0.3) is 0 Å². The number of aromatic nitrogens is 3. The van der Waals surface area contributed by atoms with E-state index >= 15 is 0 Å². The molecule has 0 saturated heterocycles. The Morgan fingerprint density at radius 1 is 1.33 bits per heavy atom. The topological polar surface area (TPSA) is 78.3 Å². The number of rotatable bonds is 2. The molecule has 6 nitrogen and oxygen atoms in total. The van der Waals surface area contributed by atoms with Gasteiger partial charge in [0, 0.05) is 0 Å². The fourth-order valence-corrected chi connectivity index (χ4v) is 2.42. The van der Waals surface area contributed by atoms with Crippen molar-refractivity contribution in [2.24, 2.45) is 10.8 Å². The Morgan fingerprint density at radius 2 is 2.17 bits per heavy atom. The second kappa shape index (κ2) is 4.34. The molecule has 0 aliphatic carbocycles. The third kappa shape index (κ3) is 1.72. The summed E-state index contributed by atoms with van der Waals surface area (Å²) in [5.41, 5.74) is 6.59. The van der Waals surface area contributed by atoms with Crippen LogP contribution < -0.4 is 10.5 Å². The summed E-state index contributed by atoms with van der Waals surface area (Å²) in [5, 5.41) is 13.3. The fraction of sp³-hybridized carbons (Fsp3) is 0.182. The standard InChI is InChI=1S/C11H11N5OS/c1-17-8-5-3-2-4-7(8)10-13-14-11-16(10)15-9(12)6-18-11/h2-5H,6H2,1H3,(H2,12,15). The highest BCUT2D eigenvalue weighted by molar-refractivity contribution is 7.99. The van der Waals surface area contributed by atoms with Crippen LogP contribution in [0.25, 0.3) is 11.4 Å². The van der Waals surface area contributed by atoms with Crippen molar-refractivity contribution in [1.82, 2.24) is 14.9 Å². The van der Waals surface area contributed by atoms with Crippen LogP contribution in [0, 0.1) is 0 Å².